The highest BCUT2D eigenvalue weighted by Crippen LogP contribution is 2.62. The normalized spacial score (nSPS) is 37.5. The number of hydrogen-bond donors (Lipinski definition) is 1. The summed E-state index contributed by atoms with van der Waals surface area (Å²) in [5.41, 5.74) is 3.16. The zero-order valence-corrected chi connectivity index (χ0v) is 16.5. The van der Waals surface area contributed by atoms with Crippen LogP contribution in [-0.2, 0) is 4.79 Å². The van der Waals surface area contributed by atoms with Crippen LogP contribution in [0.3, 0.4) is 0 Å². The van der Waals surface area contributed by atoms with E-state index in [4.69, 9.17) is 0 Å². The van der Waals surface area contributed by atoms with Gasteiger partial charge < -0.3 is 5.32 Å². The quantitative estimate of drug-likeness (QED) is 0.679. The monoisotopic (exact) mass is 341 g/mol. The van der Waals surface area contributed by atoms with Crippen LogP contribution in [-0.4, -0.2) is 12.5 Å². The van der Waals surface area contributed by atoms with Crippen molar-refractivity contribution in [2.45, 2.75) is 66.2 Å². The average molecular weight is 342 g/mol. The van der Waals surface area contributed by atoms with Crippen molar-refractivity contribution in [2.75, 3.05) is 6.54 Å². The van der Waals surface area contributed by atoms with Gasteiger partial charge in [0.2, 0.25) is 5.91 Å². The van der Waals surface area contributed by atoms with Crippen LogP contribution in [0.15, 0.2) is 36.0 Å². The van der Waals surface area contributed by atoms with Crippen molar-refractivity contribution in [1.29, 1.82) is 0 Å². The summed E-state index contributed by atoms with van der Waals surface area (Å²) < 4.78 is 0. The fourth-order valence-corrected chi connectivity index (χ4v) is 5.98. The second-order valence-corrected chi connectivity index (χ2v) is 9.23. The first-order valence-corrected chi connectivity index (χ1v) is 10.1. The Balaban J connectivity index is 1.93. The summed E-state index contributed by atoms with van der Waals surface area (Å²) in [5.74, 6) is 1.95. The minimum Gasteiger partial charge on any atom is -0.352 e. The van der Waals surface area contributed by atoms with Crippen molar-refractivity contribution in [2.24, 2.45) is 28.6 Å². The molecule has 3 aliphatic rings. The summed E-state index contributed by atoms with van der Waals surface area (Å²) in [6.07, 6.45) is 13.7. The molecule has 2 nitrogen and oxygen atoms in total. The molecule has 25 heavy (non-hydrogen) atoms. The van der Waals surface area contributed by atoms with Gasteiger partial charge in [0, 0.05) is 6.54 Å². The van der Waals surface area contributed by atoms with Gasteiger partial charge in [-0.3, -0.25) is 4.79 Å². The first-order valence-electron chi connectivity index (χ1n) is 10.1. The Morgan fingerprint density at radius 1 is 1.40 bits per heavy atom. The van der Waals surface area contributed by atoms with Gasteiger partial charge in [-0.05, 0) is 60.8 Å². The molecule has 0 unspecified atom stereocenters. The molecule has 4 atom stereocenters. The molecule has 0 aromatic carbocycles. The molecule has 0 aromatic rings. The number of fused-ring (bicyclic) bond motifs is 3. The van der Waals surface area contributed by atoms with E-state index in [1.54, 1.807) is 17.2 Å². The van der Waals surface area contributed by atoms with Gasteiger partial charge in [-0.25, -0.2) is 0 Å². The minimum absolute atomic E-state index is 0.231. The molecule has 0 spiro atoms. The van der Waals surface area contributed by atoms with Gasteiger partial charge in [0.25, 0.3) is 0 Å². The van der Waals surface area contributed by atoms with E-state index in [1.165, 1.54) is 19.3 Å². The third kappa shape index (κ3) is 3.02. The lowest BCUT2D eigenvalue weighted by molar-refractivity contribution is -0.144. The summed E-state index contributed by atoms with van der Waals surface area (Å²) in [6.45, 7) is 13.6. The third-order valence-electron chi connectivity index (χ3n) is 7.51. The predicted molar refractivity (Wildman–Crippen MR) is 105 cm³/mol. The standard InChI is InChI=1S/C23H35NO/c1-6-14-24-21(25)23(5)13-7-12-22(4)19-10-8-17(16(2)3)15-18(19)9-11-20(22)23/h6,9,15-16,19-20H,1,7-8,10-14H2,2-5H3,(H,24,25)/t19-,20+,22+,23+/m0/s1. The maximum Gasteiger partial charge on any atom is 0.226 e. The molecular weight excluding hydrogens is 306 g/mol. The summed E-state index contributed by atoms with van der Waals surface area (Å²) in [6, 6.07) is 0. The van der Waals surface area contributed by atoms with Crippen molar-refractivity contribution in [3.63, 3.8) is 0 Å². The maximum absolute atomic E-state index is 13.0. The fraction of sp³-hybridized carbons (Fsp3) is 0.696. The van der Waals surface area contributed by atoms with E-state index in [0.717, 1.165) is 19.3 Å². The summed E-state index contributed by atoms with van der Waals surface area (Å²) >= 11 is 0. The SMILES string of the molecule is C=CCNC(=O)[C@]1(C)CCC[C@@]2(C)[C@H]1CC=C1C=C(C(C)C)CC[C@@H]12. The Morgan fingerprint density at radius 2 is 2.16 bits per heavy atom. The van der Waals surface area contributed by atoms with E-state index < -0.39 is 0 Å². The van der Waals surface area contributed by atoms with Crippen molar-refractivity contribution < 1.29 is 4.79 Å². The first-order chi connectivity index (χ1) is 11.8. The lowest BCUT2D eigenvalue weighted by atomic mass is 9.46. The van der Waals surface area contributed by atoms with E-state index in [9.17, 15) is 4.79 Å². The summed E-state index contributed by atoms with van der Waals surface area (Å²) in [5, 5.41) is 3.10. The predicted octanol–water partition coefficient (Wildman–Crippen LogP) is 5.42. The minimum atomic E-state index is -0.250. The highest BCUT2D eigenvalue weighted by atomic mass is 16.2. The van der Waals surface area contributed by atoms with Crippen LogP contribution >= 0.6 is 0 Å². The van der Waals surface area contributed by atoms with Gasteiger partial charge in [-0.2, -0.15) is 0 Å². The number of nitrogens with one attached hydrogen (secondary N) is 1. The number of rotatable bonds is 4. The van der Waals surface area contributed by atoms with E-state index >= 15 is 0 Å². The Bertz CT molecular complexity index is 614. The molecule has 138 valence electrons. The van der Waals surface area contributed by atoms with E-state index in [-0.39, 0.29) is 16.7 Å². The smallest absolute Gasteiger partial charge is 0.226 e. The van der Waals surface area contributed by atoms with E-state index in [2.05, 4.69) is 51.7 Å². The molecular formula is C23H35NO. The Labute approximate surface area is 153 Å². The van der Waals surface area contributed by atoms with E-state index in [1.807, 2.05) is 0 Å². The van der Waals surface area contributed by atoms with Crippen molar-refractivity contribution in [3.05, 3.63) is 36.0 Å². The molecule has 1 fully saturated rings. The van der Waals surface area contributed by atoms with Crippen LogP contribution < -0.4 is 5.32 Å². The Hall–Kier alpha value is -1.31. The van der Waals surface area contributed by atoms with Gasteiger partial charge in [-0.15, -0.1) is 6.58 Å². The number of carbonyl (C=O) groups excluding carboxylic acids is 1. The number of carbonyl (C=O) groups is 1. The first kappa shape index (κ1) is 18.5. The van der Waals surface area contributed by atoms with Crippen molar-refractivity contribution >= 4 is 5.91 Å². The zero-order valence-electron chi connectivity index (χ0n) is 16.5. The number of hydrogen-bond acceptors (Lipinski definition) is 1. The molecule has 0 bridgehead atoms. The fourth-order valence-electron chi connectivity index (χ4n) is 5.98. The van der Waals surface area contributed by atoms with Crippen LogP contribution in [0.1, 0.15) is 66.2 Å². The molecule has 3 rings (SSSR count). The van der Waals surface area contributed by atoms with E-state index in [0.29, 0.717) is 24.3 Å². The van der Waals surface area contributed by atoms with Crippen molar-refractivity contribution in [3.8, 4) is 0 Å². The van der Waals surface area contributed by atoms with Gasteiger partial charge >= 0.3 is 0 Å². The molecule has 2 heteroatoms. The number of allylic oxidation sites excluding steroid dienone is 4. The topological polar surface area (TPSA) is 29.1 Å². The molecule has 1 N–H and O–H groups in total. The van der Waals surface area contributed by atoms with Crippen LogP contribution in [0.5, 0.6) is 0 Å². The maximum atomic E-state index is 13.0. The molecule has 0 heterocycles. The lowest BCUT2D eigenvalue weighted by Gasteiger charge is -2.57. The van der Waals surface area contributed by atoms with Gasteiger partial charge in [0.15, 0.2) is 0 Å². The highest BCUT2D eigenvalue weighted by Gasteiger charge is 2.56. The molecule has 0 saturated heterocycles. The van der Waals surface area contributed by atoms with Crippen LogP contribution in [0.2, 0.25) is 0 Å². The summed E-state index contributed by atoms with van der Waals surface area (Å²) in [4.78, 5) is 13.0. The van der Waals surface area contributed by atoms with Crippen molar-refractivity contribution in [1.82, 2.24) is 5.32 Å². The molecule has 3 aliphatic carbocycles. The Morgan fingerprint density at radius 3 is 2.84 bits per heavy atom. The van der Waals surface area contributed by atoms with Crippen LogP contribution in [0.25, 0.3) is 0 Å². The Kier molecular flexibility index (Phi) is 5.01. The molecule has 0 aromatic heterocycles. The summed E-state index contributed by atoms with van der Waals surface area (Å²) in [7, 11) is 0. The third-order valence-corrected chi connectivity index (χ3v) is 7.51. The van der Waals surface area contributed by atoms with Crippen LogP contribution in [0.4, 0.5) is 0 Å². The molecule has 0 aliphatic heterocycles. The molecule has 1 saturated carbocycles. The van der Waals surface area contributed by atoms with Crippen LogP contribution in [0, 0.1) is 28.6 Å². The second-order valence-electron chi connectivity index (χ2n) is 9.23. The largest absolute Gasteiger partial charge is 0.352 e. The average Bonchev–Trinajstić information content (AvgIpc) is 2.58. The van der Waals surface area contributed by atoms with Gasteiger partial charge in [0.1, 0.15) is 0 Å². The highest BCUT2D eigenvalue weighted by molar-refractivity contribution is 5.83. The number of amides is 1. The zero-order chi connectivity index (χ0) is 18.2. The van der Waals surface area contributed by atoms with Gasteiger partial charge in [-0.1, -0.05) is 57.9 Å². The lowest BCUT2D eigenvalue weighted by Crippen LogP contribution is -2.55. The second kappa shape index (κ2) is 6.78. The molecule has 1 amide bonds. The van der Waals surface area contributed by atoms with Gasteiger partial charge in [0.05, 0.1) is 5.41 Å². The molecule has 0 radical (unpaired) electrons.